The van der Waals surface area contributed by atoms with Gasteiger partial charge in [-0.2, -0.15) is 0 Å². The van der Waals surface area contributed by atoms with Gasteiger partial charge in [0, 0.05) is 0 Å². The minimum atomic E-state index is -0.325. The highest BCUT2D eigenvalue weighted by molar-refractivity contribution is 6.31. The average Bonchev–Trinajstić information content (AvgIpc) is 2.23. The van der Waals surface area contributed by atoms with Crippen LogP contribution >= 0.6 is 11.6 Å². The molecule has 0 spiro atoms. The molecule has 0 aromatic heterocycles. The Labute approximate surface area is 102 Å². The molecule has 0 aliphatic rings. The normalized spacial score (nSPS) is 11.1. The molecule has 0 aliphatic heterocycles. The van der Waals surface area contributed by atoms with Gasteiger partial charge in [0.1, 0.15) is 5.82 Å². The first-order chi connectivity index (χ1) is 7.61. The number of nitrogens with one attached hydrogen (secondary N) is 1. The maximum atomic E-state index is 13.1. The number of hydrogen-bond acceptors (Lipinski definition) is 1. The van der Waals surface area contributed by atoms with E-state index < -0.39 is 0 Å². The Morgan fingerprint density at radius 2 is 2.12 bits per heavy atom. The van der Waals surface area contributed by atoms with Crippen LogP contribution in [0.5, 0.6) is 0 Å². The zero-order chi connectivity index (χ0) is 12.0. The smallest absolute Gasteiger partial charge is 0.142 e. The van der Waals surface area contributed by atoms with Crippen molar-refractivity contribution in [2.24, 2.45) is 5.92 Å². The molecule has 16 heavy (non-hydrogen) atoms. The van der Waals surface area contributed by atoms with Crippen LogP contribution in [0.4, 0.5) is 4.39 Å². The van der Waals surface area contributed by atoms with Crippen LogP contribution in [0, 0.1) is 11.7 Å². The summed E-state index contributed by atoms with van der Waals surface area (Å²) < 4.78 is 13.1. The summed E-state index contributed by atoms with van der Waals surface area (Å²) in [5.74, 6) is 0.340. The Morgan fingerprint density at radius 1 is 1.38 bits per heavy atom. The SMILES string of the molecule is CC(C)CNCCCc1cccc(F)c1Cl. The topological polar surface area (TPSA) is 12.0 Å². The van der Waals surface area contributed by atoms with Gasteiger partial charge in [-0.05, 0) is 43.5 Å². The van der Waals surface area contributed by atoms with Crippen LogP contribution in [0.1, 0.15) is 25.8 Å². The lowest BCUT2D eigenvalue weighted by molar-refractivity contribution is 0.542. The van der Waals surface area contributed by atoms with Gasteiger partial charge >= 0.3 is 0 Å². The maximum Gasteiger partial charge on any atom is 0.142 e. The summed E-state index contributed by atoms with van der Waals surface area (Å²) in [6.07, 6.45) is 1.80. The first-order valence-corrected chi connectivity index (χ1v) is 6.12. The third kappa shape index (κ3) is 4.50. The van der Waals surface area contributed by atoms with Gasteiger partial charge in [-0.15, -0.1) is 0 Å². The Bertz CT molecular complexity index is 326. The summed E-state index contributed by atoms with van der Waals surface area (Å²) >= 11 is 5.86. The molecule has 1 rings (SSSR count). The number of hydrogen-bond donors (Lipinski definition) is 1. The predicted molar refractivity (Wildman–Crippen MR) is 67.4 cm³/mol. The minimum absolute atomic E-state index is 0.270. The summed E-state index contributed by atoms with van der Waals surface area (Å²) in [6.45, 7) is 6.33. The van der Waals surface area contributed by atoms with E-state index in [-0.39, 0.29) is 10.8 Å². The first-order valence-electron chi connectivity index (χ1n) is 5.75. The second-order valence-corrected chi connectivity index (χ2v) is 4.79. The summed E-state index contributed by atoms with van der Waals surface area (Å²) in [5, 5.41) is 3.62. The fraction of sp³-hybridized carbons (Fsp3) is 0.538. The Kier molecular flexibility index (Phi) is 5.78. The number of aryl methyl sites for hydroxylation is 1. The molecule has 0 atom stereocenters. The van der Waals surface area contributed by atoms with Crippen molar-refractivity contribution in [1.82, 2.24) is 5.32 Å². The van der Waals surface area contributed by atoms with E-state index in [0.717, 1.165) is 31.5 Å². The standard InChI is InChI=1S/C13H19ClFN/c1-10(2)9-16-8-4-6-11-5-3-7-12(15)13(11)14/h3,5,7,10,16H,4,6,8-9H2,1-2H3. The molecule has 0 unspecified atom stereocenters. The molecule has 0 heterocycles. The van der Waals surface area contributed by atoms with Crippen LogP contribution in [0.2, 0.25) is 5.02 Å². The molecule has 0 saturated carbocycles. The largest absolute Gasteiger partial charge is 0.316 e. The number of benzene rings is 1. The van der Waals surface area contributed by atoms with Crippen LogP contribution in [-0.4, -0.2) is 13.1 Å². The number of halogens is 2. The van der Waals surface area contributed by atoms with Crippen molar-refractivity contribution in [2.45, 2.75) is 26.7 Å². The van der Waals surface area contributed by atoms with Crippen LogP contribution in [0.15, 0.2) is 18.2 Å². The Morgan fingerprint density at radius 3 is 2.81 bits per heavy atom. The van der Waals surface area contributed by atoms with E-state index in [2.05, 4.69) is 19.2 Å². The van der Waals surface area contributed by atoms with E-state index in [1.54, 1.807) is 6.07 Å². The summed E-state index contributed by atoms with van der Waals surface area (Å²) in [7, 11) is 0. The van der Waals surface area contributed by atoms with Gasteiger partial charge in [-0.3, -0.25) is 0 Å². The molecule has 0 radical (unpaired) electrons. The molecule has 0 amide bonds. The van der Waals surface area contributed by atoms with E-state index in [0.29, 0.717) is 5.92 Å². The molecule has 0 bridgehead atoms. The molecule has 1 aromatic carbocycles. The van der Waals surface area contributed by atoms with Crippen molar-refractivity contribution in [1.29, 1.82) is 0 Å². The molecule has 1 N–H and O–H groups in total. The van der Waals surface area contributed by atoms with Crippen LogP contribution in [0.3, 0.4) is 0 Å². The molecule has 1 aromatic rings. The maximum absolute atomic E-state index is 13.1. The molecular formula is C13H19ClFN. The summed E-state index contributed by atoms with van der Waals surface area (Å²) in [4.78, 5) is 0. The third-order valence-electron chi connectivity index (χ3n) is 2.38. The molecule has 0 saturated heterocycles. The van der Waals surface area contributed by atoms with Gasteiger partial charge in [0.25, 0.3) is 0 Å². The molecule has 90 valence electrons. The quantitative estimate of drug-likeness (QED) is 0.752. The Hall–Kier alpha value is -0.600. The number of rotatable bonds is 6. The van der Waals surface area contributed by atoms with Gasteiger partial charge in [-0.1, -0.05) is 37.6 Å². The van der Waals surface area contributed by atoms with Crippen molar-refractivity contribution in [3.63, 3.8) is 0 Å². The lowest BCUT2D eigenvalue weighted by atomic mass is 10.1. The molecular weight excluding hydrogens is 225 g/mol. The average molecular weight is 244 g/mol. The van der Waals surface area contributed by atoms with E-state index in [9.17, 15) is 4.39 Å². The predicted octanol–water partition coefficient (Wildman–Crippen LogP) is 3.66. The van der Waals surface area contributed by atoms with Crippen LogP contribution in [-0.2, 0) is 6.42 Å². The summed E-state index contributed by atoms with van der Waals surface area (Å²) in [5.41, 5.74) is 0.896. The molecule has 1 nitrogen and oxygen atoms in total. The van der Waals surface area contributed by atoms with Crippen molar-refractivity contribution in [3.8, 4) is 0 Å². The van der Waals surface area contributed by atoms with Gasteiger partial charge < -0.3 is 5.32 Å². The van der Waals surface area contributed by atoms with E-state index in [4.69, 9.17) is 11.6 Å². The van der Waals surface area contributed by atoms with Gasteiger partial charge in [0.15, 0.2) is 0 Å². The zero-order valence-corrected chi connectivity index (χ0v) is 10.6. The lowest BCUT2D eigenvalue weighted by Gasteiger charge is -2.08. The van der Waals surface area contributed by atoms with Crippen molar-refractivity contribution >= 4 is 11.6 Å². The monoisotopic (exact) mass is 243 g/mol. The molecule has 0 fully saturated rings. The van der Waals surface area contributed by atoms with Gasteiger partial charge in [0.2, 0.25) is 0 Å². The second-order valence-electron chi connectivity index (χ2n) is 4.41. The third-order valence-corrected chi connectivity index (χ3v) is 2.81. The fourth-order valence-electron chi connectivity index (χ4n) is 1.54. The highest BCUT2D eigenvalue weighted by atomic mass is 35.5. The van der Waals surface area contributed by atoms with Gasteiger partial charge in [-0.25, -0.2) is 4.39 Å². The van der Waals surface area contributed by atoms with E-state index in [1.807, 2.05) is 6.07 Å². The lowest BCUT2D eigenvalue weighted by Crippen LogP contribution is -2.21. The zero-order valence-electron chi connectivity index (χ0n) is 9.89. The highest BCUT2D eigenvalue weighted by Crippen LogP contribution is 2.20. The Balaban J connectivity index is 2.29. The van der Waals surface area contributed by atoms with E-state index in [1.165, 1.54) is 6.07 Å². The van der Waals surface area contributed by atoms with Crippen LogP contribution < -0.4 is 5.32 Å². The van der Waals surface area contributed by atoms with E-state index >= 15 is 0 Å². The highest BCUT2D eigenvalue weighted by Gasteiger charge is 2.04. The van der Waals surface area contributed by atoms with Crippen molar-refractivity contribution in [2.75, 3.05) is 13.1 Å². The molecule has 0 aliphatic carbocycles. The van der Waals surface area contributed by atoms with Crippen LogP contribution in [0.25, 0.3) is 0 Å². The minimum Gasteiger partial charge on any atom is -0.316 e. The summed E-state index contributed by atoms with van der Waals surface area (Å²) in [6, 6.07) is 4.98. The van der Waals surface area contributed by atoms with Gasteiger partial charge in [0.05, 0.1) is 5.02 Å². The van der Waals surface area contributed by atoms with Crippen molar-refractivity contribution < 1.29 is 4.39 Å². The fourth-order valence-corrected chi connectivity index (χ4v) is 1.76. The molecule has 3 heteroatoms. The van der Waals surface area contributed by atoms with Crippen molar-refractivity contribution in [3.05, 3.63) is 34.6 Å². The second kappa shape index (κ2) is 6.87. The first kappa shape index (κ1) is 13.5.